The van der Waals surface area contributed by atoms with Crippen LogP contribution in [0.25, 0.3) is 0 Å². The Morgan fingerprint density at radius 3 is 2.67 bits per heavy atom. The molecule has 0 spiro atoms. The zero-order valence-electron chi connectivity index (χ0n) is 13.7. The van der Waals surface area contributed by atoms with E-state index in [0.29, 0.717) is 24.4 Å². The van der Waals surface area contributed by atoms with Crippen molar-refractivity contribution in [3.05, 3.63) is 69.7 Å². The number of ether oxygens (including phenoxy) is 1. The summed E-state index contributed by atoms with van der Waals surface area (Å²) in [5.74, 6) is 1.08. The van der Waals surface area contributed by atoms with E-state index in [2.05, 4.69) is 24.0 Å². The van der Waals surface area contributed by atoms with Crippen molar-refractivity contribution < 1.29 is 18.4 Å². The fraction of sp³-hybridized carbons (Fsp3) is 0.278. The maximum Gasteiger partial charge on any atom is 0.341 e. The second kappa shape index (κ2) is 7.51. The van der Waals surface area contributed by atoms with Crippen LogP contribution in [-0.4, -0.2) is 18.0 Å². The molecule has 6 heteroatoms. The summed E-state index contributed by atoms with van der Waals surface area (Å²) < 4.78 is 15.8. The molecule has 0 bridgehead atoms. The molecule has 0 saturated heterocycles. The molecule has 0 aliphatic carbocycles. The topological polar surface area (TPSA) is 55.8 Å². The van der Waals surface area contributed by atoms with Crippen molar-refractivity contribution in [2.24, 2.45) is 0 Å². The lowest BCUT2D eigenvalue weighted by atomic mass is 10.2. The van der Waals surface area contributed by atoms with E-state index in [1.165, 1.54) is 23.1 Å². The van der Waals surface area contributed by atoms with E-state index in [4.69, 9.17) is 13.6 Å². The van der Waals surface area contributed by atoms with Crippen molar-refractivity contribution in [3.63, 3.8) is 0 Å². The summed E-state index contributed by atoms with van der Waals surface area (Å²) in [6, 6.07) is 9.68. The number of carbonyl (C=O) groups is 1. The quantitative estimate of drug-likeness (QED) is 0.600. The first kappa shape index (κ1) is 16.5. The predicted octanol–water partition coefficient (Wildman–Crippen LogP) is 4.23. The van der Waals surface area contributed by atoms with Crippen molar-refractivity contribution in [1.29, 1.82) is 0 Å². The third-order valence-electron chi connectivity index (χ3n) is 3.65. The van der Waals surface area contributed by atoms with Crippen molar-refractivity contribution in [3.8, 4) is 0 Å². The van der Waals surface area contributed by atoms with E-state index in [-0.39, 0.29) is 5.97 Å². The number of methoxy groups -OCH3 is 1. The van der Waals surface area contributed by atoms with Gasteiger partial charge in [0.2, 0.25) is 0 Å². The second-order valence-electron chi connectivity index (χ2n) is 5.49. The molecule has 0 N–H and O–H groups in total. The standard InChI is InChI=1S/C18H19NO4S/c1-13-5-6-15(24-13)11-19(10-14-4-3-8-22-14)12-17-16(7-9-23-17)18(20)21-2/h3-9H,10-12H2,1-2H3. The molecule has 0 amide bonds. The van der Waals surface area contributed by atoms with Gasteiger partial charge in [-0.05, 0) is 37.3 Å². The van der Waals surface area contributed by atoms with Gasteiger partial charge in [-0.3, -0.25) is 4.90 Å². The molecular formula is C18H19NO4S. The number of hydrogen-bond acceptors (Lipinski definition) is 6. The lowest BCUT2D eigenvalue weighted by molar-refractivity contribution is 0.0596. The Kier molecular flexibility index (Phi) is 5.17. The Morgan fingerprint density at radius 2 is 2.00 bits per heavy atom. The third kappa shape index (κ3) is 3.96. The minimum atomic E-state index is -0.385. The largest absolute Gasteiger partial charge is 0.468 e. The van der Waals surface area contributed by atoms with Crippen LogP contribution in [0.2, 0.25) is 0 Å². The normalized spacial score (nSPS) is 11.1. The molecule has 0 radical (unpaired) electrons. The highest BCUT2D eigenvalue weighted by atomic mass is 32.1. The molecular weight excluding hydrogens is 326 g/mol. The summed E-state index contributed by atoms with van der Waals surface area (Å²) in [6.07, 6.45) is 3.18. The zero-order valence-corrected chi connectivity index (χ0v) is 14.5. The second-order valence-corrected chi connectivity index (χ2v) is 6.86. The van der Waals surface area contributed by atoms with E-state index in [0.717, 1.165) is 12.3 Å². The first-order valence-electron chi connectivity index (χ1n) is 7.60. The first-order valence-corrected chi connectivity index (χ1v) is 8.42. The molecule has 126 valence electrons. The van der Waals surface area contributed by atoms with Gasteiger partial charge in [-0.2, -0.15) is 0 Å². The SMILES string of the molecule is COC(=O)c1ccoc1CN(Cc1ccco1)Cc1ccc(C)s1. The highest BCUT2D eigenvalue weighted by Crippen LogP contribution is 2.22. The summed E-state index contributed by atoms with van der Waals surface area (Å²) in [7, 11) is 1.37. The molecule has 0 saturated carbocycles. The molecule has 24 heavy (non-hydrogen) atoms. The summed E-state index contributed by atoms with van der Waals surface area (Å²) in [5, 5.41) is 0. The molecule has 3 heterocycles. The minimum Gasteiger partial charge on any atom is -0.468 e. The van der Waals surface area contributed by atoms with Gasteiger partial charge < -0.3 is 13.6 Å². The lowest BCUT2D eigenvalue weighted by Gasteiger charge is -2.19. The number of furan rings is 2. The van der Waals surface area contributed by atoms with Gasteiger partial charge in [-0.15, -0.1) is 11.3 Å². The molecule has 0 aromatic carbocycles. The molecule has 0 aliphatic heterocycles. The summed E-state index contributed by atoms with van der Waals surface area (Å²) in [5.41, 5.74) is 0.462. The highest BCUT2D eigenvalue weighted by molar-refractivity contribution is 7.11. The first-order chi connectivity index (χ1) is 11.7. The van der Waals surface area contributed by atoms with Gasteiger partial charge in [-0.25, -0.2) is 4.79 Å². The number of rotatable bonds is 7. The van der Waals surface area contributed by atoms with Crippen LogP contribution in [0.4, 0.5) is 0 Å². The Bertz CT molecular complexity index is 788. The van der Waals surface area contributed by atoms with Crippen molar-refractivity contribution in [2.75, 3.05) is 7.11 Å². The lowest BCUT2D eigenvalue weighted by Crippen LogP contribution is -2.22. The van der Waals surface area contributed by atoms with Crippen LogP contribution in [0.5, 0.6) is 0 Å². The molecule has 0 fully saturated rings. The van der Waals surface area contributed by atoms with Crippen LogP contribution in [0, 0.1) is 6.92 Å². The fourth-order valence-electron chi connectivity index (χ4n) is 2.54. The molecule has 5 nitrogen and oxygen atoms in total. The monoisotopic (exact) mass is 345 g/mol. The number of aryl methyl sites for hydroxylation is 1. The van der Waals surface area contributed by atoms with Gasteiger partial charge in [0.25, 0.3) is 0 Å². The van der Waals surface area contributed by atoms with Gasteiger partial charge in [0, 0.05) is 16.3 Å². The van der Waals surface area contributed by atoms with Crippen molar-refractivity contribution in [1.82, 2.24) is 4.90 Å². The molecule has 0 aliphatic rings. The van der Waals surface area contributed by atoms with Crippen LogP contribution >= 0.6 is 11.3 Å². The number of esters is 1. The molecule has 3 aromatic heterocycles. The van der Waals surface area contributed by atoms with Crippen LogP contribution in [-0.2, 0) is 24.4 Å². The van der Waals surface area contributed by atoms with Crippen molar-refractivity contribution in [2.45, 2.75) is 26.6 Å². The van der Waals surface area contributed by atoms with E-state index in [9.17, 15) is 4.79 Å². The Morgan fingerprint density at radius 1 is 1.12 bits per heavy atom. The Labute approximate surface area is 144 Å². The molecule has 0 unspecified atom stereocenters. The zero-order chi connectivity index (χ0) is 16.9. The van der Waals surface area contributed by atoms with Crippen LogP contribution in [0.3, 0.4) is 0 Å². The summed E-state index contributed by atoms with van der Waals surface area (Å²) in [4.78, 5) is 16.5. The maximum absolute atomic E-state index is 11.8. The van der Waals surface area contributed by atoms with Gasteiger partial charge >= 0.3 is 5.97 Å². The number of hydrogen-bond donors (Lipinski definition) is 0. The van der Waals surface area contributed by atoms with Gasteiger partial charge in [0.15, 0.2) is 0 Å². The predicted molar refractivity (Wildman–Crippen MR) is 90.8 cm³/mol. The fourth-order valence-corrected chi connectivity index (χ4v) is 3.47. The van der Waals surface area contributed by atoms with E-state index >= 15 is 0 Å². The van der Waals surface area contributed by atoms with E-state index < -0.39 is 0 Å². The average Bonchev–Trinajstić information content (AvgIpc) is 3.30. The average molecular weight is 345 g/mol. The van der Waals surface area contributed by atoms with E-state index in [1.54, 1.807) is 23.7 Å². The molecule has 0 atom stereocenters. The van der Waals surface area contributed by atoms with Crippen LogP contribution in [0.15, 0.2) is 51.7 Å². The third-order valence-corrected chi connectivity index (χ3v) is 4.64. The molecule has 3 rings (SSSR count). The smallest absolute Gasteiger partial charge is 0.341 e. The van der Waals surface area contributed by atoms with Crippen LogP contribution in [0.1, 0.15) is 31.6 Å². The number of carbonyl (C=O) groups excluding carboxylic acids is 1. The number of thiophene rings is 1. The van der Waals surface area contributed by atoms with Crippen molar-refractivity contribution >= 4 is 17.3 Å². The van der Waals surface area contributed by atoms with Gasteiger partial charge in [-0.1, -0.05) is 0 Å². The Balaban J connectivity index is 1.79. The van der Waals surface area contributed by atoms with Gasteiger partial charge in [0.05, 0.1) is 32.7 Å². The minimum absolute atomic E-state index is 0.385. The summed E-state index contributed by atoms with van der Waals surface area (Å²) >= 11 is 1.76. The maximum atomic E-state index is 11.8. The molecule has 3 aromatic rings. The number of nitrogens with zero attached hydrogens (tertiary/aromatic N) is 1. The van der Waals surface area contributed by atoms with Crippen LogP contribution < -0.4 is 0 Å². The van der Waals surface area contributed by atoms with E-state index in [1.807, 2.05) is 12.1 Å². The highest BCUT2D eigenvalue weighted by Gasteiger charge is 2.19. The van der Waals surface area contributed by atoms with Gasteiger partial charge in [0.1, 0.15) is 17.1 Å². The summed E-state index contributed by atoms with van der Waals surface area (Å²) in [6.45, 7) is 3.97. The Hall–Kier alpha value is -2.31.